The van der Waals surface area contributed by atoms with Crippen molar-refractivity contribution in [1.29, 1.82) is 0 Å². The van der Waals surface area contributed by atoms with E-state index in [2.05, 4.69) is 10.5 Å². The molecule has 2 N–H and O–H groups in total. The minimum absolute atomic E-state index is 0.298. The van der Waals surface area contributed by atoms with Crippen LogP contribution < -0.4 is 5.43 Å². The fraction of sp³-hybridized carbons (Fsp3) is 0.222. The Morgan fingerprint density at radius 2 is 1.80 bits per heavy atom. The first-order valence-electron chi connectivity index (χ1n) is 11.6. The molecule has 8 heteroatoms. The molecule has 178 valence electrons. The largest absolute Gasteiger partial charge is 0.478 e. The predicted molar refractivity (Wildman–Crippen MR) is 138 cm³/mol. The monoisotopic (exact) mass is 486 g/mol. The molecule has 1 aliphatic rings. The Balaban J connectivity index is 1.35. The number of aryl methyl sites for hydroxylation is 2. The Hall–Kier alpha value is -3.91. The molecule has 7 nitrogen and oxygen atoms in total. The topological polar surface area (TPSA) is 88.6 Å². The maximum absolute atomic E-state index is 12.5. The summed E-state index contributed by atoms with van der Waals surface area (Å²) in [5.41, 5.74) is 8.13. The number of carbonyl (C=O) groups is 2. The molecule has 0 spiro atoms. The Labute approximate surface area is 207 Å². The Bertz CT molecular complexity index is 1430. The molecular formula is C27H26N4O3S. The molecule has 0 saturated heterocycles. The second-order valence-corrected chi connectivity index (χ2v) is 9.78. The third-order valence-electron chi connectivity index (χ3n) is 6.44. The Morgan fingerprint density at radius 3 is 2.51 bits per heavy atom. The molecule has 0 bridgehead atoms. The van der Waals surface area contributed by atoms with Crippen molar-refractivity contribution in [1.82, 2.24) is 14.6 Å². The molecule has 0 radical (unpaired) electrons. The summed E-state index contributed by atoms with van der Waals surface area (Å²) in [6.07, 6.45) is 9.38. The number of hydrogen-bond donors (Lipinski definition) is 2. The Morgan fingerprint density at radius 1 is 1.09 bits per heavy atom. The lowest BCUT2D eigenvalue weighted by atomic mass is 9.95. The number of fused-ring (bicyclic) bond motifs is 1. The first-order valence-corrected chi connectivity index (χ1v) is 12.4. The molecule has 1 amide bonds. The number of hydrogen-bond acceptors (Lipinski definition) is 4. The third-order valence-corrected chi connectivity index (χ3v) is 7.72. The summed E-state index contributed by atoms with van der Waals surface area (Å²) < 4.78 is 3.96. The van der Waals surface area contributed by atoms with E-state index in [4.69, 9.17) is 0 Å². The number of carboxylic acids is 1. The molecule has 0 aliphatic heterocycles. The lowest BCUT2D eigenvalue weighted by molar-refractivity contribution is 0.0695. The van der Waals surface area contributed by atoms with Gasteiger partial charge in [0.15, 0.2) is 0 Å². The SMILES string of the molecule is Cc1cc(C=NNC(=O)c2ccc(-n3cccc3)cc2)c(C)n1-c1sc2c(c1C(=O)O)CCCC2. The average Bonchev–Trinajstić information content (AvgIpc) is 3.57. The minimum atomic E-state index is -0.878. The molecule has 1 aromatic carbocycles. The number of carboxylic acid groups (broad SMARTS) is 1. The number of rotatable bonds is 6. The number of hydrazone groups is 1. The van der Waals surface area contributed by atoms with Crippen molar-refractivity contribution < 1.29 is 14.7 Å². The van der Waals surface area contributed by atoms with Gasteiger partial charge in [0.1, 0.15) is 5.00 Å². The van der Waals surface area contributed by atoms with E-state index < -0.39 is 5.97 Å². The van der Waals surface area contributed by atoms with Crippen molar-refractivity contribution >= 4 is 29.4 Å². The minimum Gasteiger partial charge on any atom is -0.478 e. The zero-order chi connectivity index (χ0) is 24.5. The zero-order valence-electron chi connectivity index (χ0n) is 19.6. The lowest BCUT2D eigenvalue weighted by Gasteiger charge is -2.11. The van der Waals surface area contributed by atoms with Gasteiger partial charge in [-0.05, 0) is 87.6 Å². The number of aromatic nitrogens is 2. The van der Waals surface area contributed by atoms with Crippen molar-refractivity contribution in [2.75, 3.05) is 0 Å². The number of aromatic carboxylic acids is 1. The first-order chi connectivity index (χ1) is 16.9. The molecule has 0 saturated carbocycles. The molecule has 1 aliphatic carbocycles. The van der Waals surface area contributed by atoms with Crippen LogP contribution in [0.3, 0.4) is 0 Å². The van der Waals surface area contributed by atoms with Gasteiger partial charge in [-0.1, -0.05) is 0 Å². The summed E-state index contributed by atoms with van der Waals surface area (Å²) in [6.45, 7) is 3.90. The highest BCUT2D eigenvalue weighted by Crippen LogP contribution is 2.38. The fourth-order valence-electron chi connectivity index (χ4n) is 4.68. The normalized spacial score (nSPS) is 13.2. The summed E-state index contributed by atoms with van der Waals surface area (Å²) in [4.78, 5) is 25.9. The number of thiophene rings is 1. The Kier molecular flexibility index (Phi) is 6.13. The molecule has 5 rings (SSSR count). The van der Waals surface area contributed by atoms with Crippen LogP contribution in [0.15, 0.2) is 60.0 Å². The number of carbonyl (C=O) groups excluding carboxylic acids is 1. The van der Waals surface area contributed by atoms with Gasteiger partial charge in [0.2, 0.25) is 0 Å². The summed E-state index contributed by atoms with van der Waals surface area (Å²) >= 11 is 1.58. The third kappa shape index (κ3) is 4.33. The predicted octanol–water partition coefficient (Wildman–Crippen LogP) is 5.29. The van der Waals surface area contributed by atoms with Crippen molar-refractivity contribution in [2.45, 2.75) is 39.5 Å². The molecule has 3 heterocycles. The van der Waals surface area contributed by atoms with E-state index in [1.807, 2.05) is 65.7 Å². The van der Waals surface area contributed by atoms with Crippen molar-refractivity contribution in [3.63, 3.8) is 0 Å². The fourth-order valence-corrected chi connectivity index (χ4v) is 6.17. The van der Waals surface area contributed by atoms with E-state index in [9.17, 15) is 14.7 Å². The van der Waals surface area contributed by atoms with Gasteiger partial charge in [0, 0.05) is 45.5 Å². The van der Waals surface area contributed by atoms with Gasteiger partial charge >= 0.3 is 5.97 Å². The molecule has 4 aromatic rings. The maximum Gasteiger partial charge on any atom is 0.339 e. The van der Waals surface area contributed by atoms with Crippen LogP contribution in [0.1, 0.15) is 60.9 Å². The number of amides is 1. The van der Waals surface area contributed by atoms with Gasteiger partial charge in [-0.3, -0.25) is 4.79 Å². The summed E-state index contributed by atoms with van der Waals surface area (Å²) in [6, 6.07) is 13.1. The van der Waals surface area contributed by atoms with Gasteiger partial charge < -0.3 is 14.2 Å². The summed E-state index contributed by atoms with van der Waals surface area (Å²) in [7, 11) is 0. The lowest BCUT2D eigenvalue weighted by Crippen LogP contribution is -2.17. The molecule has 35 heavy (non-hydrogen) atoms. The standard InChI is InChI=1S/C27H26N4O3S/c1-17-15-20(16-28-29-25(32)19-9-11-21(12-10-19)30-13-5-6-14-30)18(2)31(17)26-24(27(33)34)22-7-3-4-8-23(22)35-26/h5-6,9-16H,3-4,7-8H2,1-2H3,(H,29,32)(H,33,34). The van der Waals surface area contributed by atoms with Gasteiger partial charge in [-0.2, -0.15) is 5.10 Å². The highest BCUT2D eigenvalue weighted by atomic mass is 32.1. The highest BCUT2D eigenvalue weighted by molar-refractivity contribution is 7.15. The molecule has 0 atom stereocenters. The van der Waals surface area contributed by atoms with E-state index in [0.29, 0.717) is 11.1 Å². The smallest absolute Gasteiger partial charge is 0.339 e. The average molecular weight is 487 g/mol. The molecule has 3 aromatic heterocycles. The summed E-state index contributed by atoms with van der Waals surface area (Å²) in [5, 5.41) is 14.9. The van der Waals surface area contributed by atoms with Gasteiger partial charge in [0.25, 0.3) is 5.91 Å². The van der Waals surface area contributed by atoms with Crippen LogP contribution in [0.5, 0.6) is 0 Å². The molecule has 0 unspecified atom stereocenters. The van der Waals surface area contributed by atoms with Crippen LogP contribution in [-0.4, -0.2) is 32.3 Å². The van der Waals surface area contributed by atoms with E-state index >= 15 is 0 Å². The van der Waals surface area contributed by atoms with E-state index in [-0.39, 0.29) is 5.91 Å². The highest BCUT2D eigenvalue weighted by Gasteiger charge is 2.27. The van der Waals surface area contributed by atoms with Crippen LogP contribution in [0.25, 0.3) is 10.7 Å². The van der Waals surface area contributed by atoms with Crippen LogP contribution in [0, 0.1) is 13.8 Å². The van der Waals surface area contributed by atoms with E-state index in [0.717, 1.165) is 58.9 Å². The number of nitrogens with one attached hydrogen (secondary N) is 1. The van der Waals surface area contributed by atoms with Crippen LogP contribution in [0.4, 0.5) is 0 Å². The van der Waals surface area contributed by atoms with Gasteiger partial charge in [0.05, 0.1) is 11.8 Å². The van der Waals surface area contributed by atoms with E-state index in [1.165, 1.54) is 4.88 Å². The number of nitrogens with zero attached hydrogens (tertiary/aromatic N) is 3. The zero-order valence-corrected chi connectivity index (χ0v) is 20.4. The molecular weight excluding hydrogens is 460 g/mol. The van der Waals surface area contributed by atoms with Crippen molar-refractivity contribution in [3.05, 3.63) is 93.4 Å². The summed E-state index contributed by atoms with van der Waals surface area (Å²) in [5.74, 6) is -1.18. The molecule has 0 fully saturated rings. The quantitative estimate of drug-likeness (QED) is 0.287. The van der Waals surface area contributed by atoms with Crippen LogP contribution >= 0.6 is 11.3 Å². The van der Waals surface area contributed by atoms with Crippen LogP contribution in [-0.2, 0) is 12.8 Å². The van der Waals surface area contributed by atoms with E-state index in [1.54, 1.807) is 29.7 Å². The van der Waals surface area contributed by atoms with Crippen LogP contribution in [0.2, 0.25) is 0 Å². The van der Waals surface area contributed by atoms with Gasteiger partial charge in [-0.15, -0.1) is 11.3 Å². The number of benzene rings is 1. The second kappa shape index (κ2) is 9.38. The first kappa shape index (κ1) is 22.9. The second-order valence-electron chi connectivity index (χ2n) is 8.69. The van der Waals surface area contributed by atoms with Crippen molar-refractivity contribution in [2.24, 2.45) is 5.10 Å². The maximum atomic E-state index is 12.5. The van der Waals surface area contributed by atoms with Gasteiger partial charge in [-0.25, -0.2) is 10.2 Å². The van der Waals surface area contributed by atoms with Crippen molar-refractivity contribution in [3.8, 4) is 10.7 Å².